The Kier molecular flexibility index (Phi) is 24.0. The Bertz CT molecular complexity index is 6250. The molecule has 0 amide bonds. The van der Waals surface area contributed by atoms with Crippen molar-refractivity contribution in [3.05, 3.63) is 338 Å². The van der Waals surface area contributed by atoms with Crippen LogP contribution in [0.15, 0.2) is 315 Å². The molecule has 0 fully saturated rings. The normalized spacial score (nSPS) is 10.8. The molecule has 18 aromatic rings. The molecular weight excluding hydrogens is 1560 g/mol. The molecule has 0 saturated heterocycles. The van der Waals surface area contributed by atoms with Crippen LogP contribution in [0.25, 0.3) is 159 Å². The van der Waals surface area contributed by atoms with Crippen molar-refractivity contribution in [2.24, 2.45) is 0 Å². The third-order valence-electron chi connectivity index (χ3n) is 19.7. The van der Waals surface area contributed by atoms with Crippen LogP contribution in [-0.2, 0) is 0 Å². The molecule has 12 N–H and O–H groups in total. The Morgan fingerprint density at radius 3 is 0.516 bits per heavy atom. The molecule has 0 bridgehead atoms. The predicted octanol–water partition coefficient (Wildman–Crippen LogP) is 20.5. The lowest BCUT2D eigenvalue weighted by Crippen LogP contribution is -2.02. The summed E-state index contributed by atoms with van der Waals surface area (Å²) in [6.45, 7) is 8.15. The first-order valence-electron chi connectivity index (χ1n) is 38.7. The van der Waals surface area contributed by atoms with Gasteiger partial charge in [0, 0.05) is 69.8 Å². The number of hydrogen-bond acceptors (Lipinski definition) is 24. The van der Waals surface area contributed by atoms with Crippen molar-refractivity contribution >= 4 is 0 Å². The molecule has 18 rings (SSSR count). The summed E-state index contributed by atoms with van der Waals surface area (Å²) in [6.07, 6.45) is 0. The minimum atomic E-state index is -0.289. The second-order valence-electron chi connectivity index (χ2n) is 28.7. The van der Waals surface area contributed by atoms with Crippen LogP contribution >= 0.6 is 0 Å². The van der Waals surface area contributed by atoms with E-state index in [4.69, 9.17) is 19.9 Å². The largest absolute Gasteiger partial charge is 0.508 e. The van der Waals surface area contributed by atoms with Gasteiger partial charge in [0.25, 0.3) is 0 Å². The SMILES string of the molecule is Cc1ccc(-c2nc(-c3ccc(C)cc3C)nc(-c3ccc(O)cc3O)n2)c(C)c1.Oc1ccc(-c2nc(-c3ccc(-c4ccccc4)cc3)nc(-c3ccc(-c4ccccc4)cc3)n2)c(O)c1.Oc1ccc(-c2nc(-c3ccc(O)cc3O)nc(-c3ccc(O)cc3O)n2)c(O)c1.Oc1ccc(-c2nc(-c3ccccc3)nc(-c3ccccc3)n2)c(O)c1. The van der Waals surface area contributed by atoms with E-state index >= 15 is 0 Å². The Morgan fingerprint density at radius 1 is 0.145 bits per heavy atom. The van der Waals surface area contributed by atoms with Gasteiger partial charge in [-0.1, -0.05) is 217 Å². The van der Waals surface area contributed by atoms with Crippen LogP contribution in [0.2, 0.25) is 0 Å². The molecule has 24 heteroatoms. The van der Waals surface area contributed by atoms with Crippen molar-refractivity contribution in [2.75, 3.05) is 0 Å². The molecule has 0 unspecified atom stereocenters. The maximum atomic E-state index is 10.5. The van der Waals surface area contributed by atoms with Crippen molar-refractivity contribution in [3.8, 4) is 228 Å². The van der Waals surface area contributed by atoms with Crippen molar-refractivity contribution < 1.29 is 61.3 Å². The third-order valence-corrected chi connectivity index (χ3v) is 19.7. The number of phenols is 12. The summed E-state index contributed by atoms with van der Waals surface area (Å²) in [5, 5.41) is 119. The van der Waals surface area contributed by atoms with E-state index in [1.165, 1.54) is 72.8 Å². The van der Waals surface area contributed by atoms with E-state index in [-0.39, 0.29) is 103 Å². The molecule has 0 aliphatic carbocycles. The van der Waals surface area contributed by atoms with E-state index in [2.05, 4.69) is 76.3 Å². The molecule has 0 aliphatic heterocycles. The third kappa shape index (κ3) is 19.1. The van der Waals surface area contributed by atoms with E-state index in [9.17, 15) is 61.3 Å². The number of nitrogens with zero attached hydrogens (tertiary/aromatic N) is 12. The van der Waals surface area contributed by atoms with Gasteiger partial charge in [0.15, 0.2) is 69.9 Å². The number of phenolic OH excluding ortho intramolecular Hbond substituents is 12. The molecule has 0 radical (unpaired) electrons. The highest BCUT2D eigenvalue weighted by Crippen LogP contribution is 2.41. The summed E-state index contributed by atoms with van der Waals surface area (Å²) in [5.74, 6) is 2.45. The molecule has 0 atom stereocenters. The molecule has 0 saturated carbocycles. The van der Waals surface area contributed by atoms with Gasteiger partial charge in [-0.05, 0) is 134 Å². The Hall–Kier alpha value is -17.3. The fraction of sp³-hybridized carbons (Fsp3) is 0.0400. The molecule has 124 heavy (non-hydrogen) atoms. The van der Waals surface area contributed by atoms with Crippen LogP contribution in [0.4, 0.5) is 0 Å². The minimum absolute atomic E-state index is 0.00690. The van der Waals surface area contributed by atoms with E-state index in [1.54, 1.807) is 18.2 Å². The monoisotopic (exact) mass is 1640 g/mol. The van der Waals surface area contributed by atoms with Crippen LogP contribution < -0.4 is 0 Å². The van der Waals surface area contributed by atoms with Crippen LogP contribution in [0, 0.1) is 27.7 Å². The standard InChI is InChI=1S/C33H23N3O2.C25H23N3O2.C21H15N3O6.C21H15N3O2/c37-28-19-20-29(30(38)21-28)33-35-31(26-15-11-24(12-16-26)22-7-3-1-4-8-22)34-32(36-33)27-17-13-25(14-18-27)23-9-5-2-6-10-23;1-14-5-8-19(16(3)11-14)23-26-24(20-9-6-15(2)12-17(20)4)28-25(27-23)21-10-7-18(29)13-22(21)30;25-10-1-4-13(16(28)7-10)19-22-20(14-5-2-11(26)8-17(14)29)24-21(23-19)15-6-3-12(27)9-18(15)30;25-16-11-12-17(18(26)13-16)21-23-19(14-7-3-1-4-8-14)22-20(24-21)15-9-5-2-6-10-15/h1-21,37-38H;5-13,29-30H,1-4H3;1-9,25-30H;1-13,25-26H. The molecule has 4 aromatic heterocycles. The van der Waals surface area contributed by atoms with Crippen LogP contribution in [0.3, 0.4) is 0 Å². The van der Waals surface area contributed by atoms with Crippen LogP contribution in [-0.4, -0.2) is 121 Å². The van der Waals surface area contributed by atoms with E-state index in [1.807, 2.05) is 198 Å². The molecule has 24 nitrogen and oxygen atoms in total. The highest BCUT2D eigenvalue weighted by atomic mass is 16.3. The number of rotatable bonds is 14. The summed E-state index contributed by atoms with van der Waals surface area (Å²) in [6, 6.07) is 92.6. The Labute approximate surface area is 710 Å². The lowest BCUT2D eigenvalue weighted by molar-refractivity contribution is 0.450. The average Bonchev–Trinajstić information content (AvgIpc) is 0.774. The zero-order chi connectivity index (χ0) is 86.7. The van der Waals surface area contributed by atoms with Crippen molar-refractivity contribution in [1.29, 1.82) is 0 Å². The number of benzene rings is 14. The molecule has 4 heterocycles. The Morgan fingerprint density at radius 2 is 0.306 bits per heavy atom. The number of aromatic nitrogens is 12. The first-order valence-corrected chi connectivity index (χ1v) is 38.7. The van der Waals surface area contributed by atoms with Gasteiger partial charge in [-0.2, -0.15) is 0 Å². The fourth-order valence-electron chi connectivity index (χ4n) is 13.4. The van der Waals surface area contributed by atoms with Crippen LogP contribution in [0.5, 0.6) is 69.0 Å². The number of hydrogen-bond donors (Lipinski definition) is 12. The molecule has 0 aliphatic rings. The Balaban J connectivity index is 0.000000129. The summed E-state index contributed by atoms with van der Waals surface area (Å²) in [7, 11) is 0. The van der Waals surface area contributed by atoms with Gasteiger partial charge in [-0.3, -0.25) is 0 Å². The smallest absolute Gasteiger partial charge is 0.167 e. The van der Waals surface area contributed by atoms with E-state index in [0.29, 0.717) is 69.1 Å². The molecule has 14 aromatic carbocycles. The second-order valence-corrected chi connectivity index (χ2v) is 28.7. The highest BCUT2D eigenvalue weighted by molar-refractivity contribution is 5.79. The molecular formula is C100H76N12O12. The van der Waals surface area contributed by atoms with E-state index in [0.717, 1.165) is 96.1 Å². The highest BCUT2D eigenvalue weighted by Gasteiger charge is 2.23. The lowest BCUT2D eigenvalue weighted by Gasteiger charge is -2.12. The summed E-state index contributed by atoms with van der Waals surface area (Å²) >= 11 is 0. The zero-order valence-corrected chi connectivity index (χ0v) is 66.8. The van der Waals surface area contributed by atoms with Gasteiger partial charge in [0.05, 0.1) is 33.4 Å². The number of aromatic hydroxyl groups is 12. The van der Waals surface area contributed by atoms with Gasteiger partial charge >= 0.3 is 0 Å². The van der Waals surface area contributed by atoms with Crippen LogP contribution in [0.1, 0.15) is 22.3 Å². The molecule has 608 valence electrons. The fourth-order valence-corrected chi connectivity index (χ4v) is 13.4. The molecule has 0 spiro atoms. The van der Waals surface area contributed by atoms with Gasteiger partial charge in [0.2, 0.25) is 0 Å². The minimum Gasteiger partial charge on any atom is -0.508 e. The predicted molar refractivity (Wildman–Crippen MR) is 474 cm³/mol. The van der Waals surface area contributed by atoms with Gasteiger partial charge in [-0.25, -0.2) is 59.8 Å². The van der Waals surface area contributed by atoms with Crippen molar-refractivity contribution in [1.82, 2.24) is 59.8 Å². The summed E-state index contributed by atoms with van der Waals surface area (Å²) in [4.78, 5) is 54.8. The first kappa shape index (κ1) is 81.8. The maximum Gasteiger partial charge on any atom is 0.167 e. The van der Waals surface area contributed by atoms with Crippen molar-refractivity contribution in [2.45, 2.75) is 27.7 Å². The van der Waals surface area contributed by atoms with Gasteiger partial charge in [-0.15, -0.1) is 0 Å². The van der Waals surface area contributed by atoms with Gasteiger partial charge in [0.1, 0.15) is 69.0 Å². The topological polar surface area (TPSA) is 397 Å². The van der Waals surface area contributed by atoms with E-state index < -0.39 is 0 Å². The summed E-state index contributed by atoms with van der Waals surface area (Å²) < 4.78 is 0. The maximum absolute atomic E-state index is 10.5. The van der Waals surface area contributed by atoms with Gasteiger partial charge < -0.3 is 61.3 Å². The lowest BCUT2D eigenvalue weighted by atomic mass is 10.0. The second kappa shape index (κ2) is 36.3. The average molecular weight is 1640 g/mol. The van der Waals surface area contributed by atoms with Crippen molar-refractivity contribution in [3.63, 3.8) is 0 Å². The summed E-state index contributed by atoms with van der Waals surface area (Å²) in [5.41, 5.74) is 15.9. The zero-order valence-electron chi connectivity index (χ0n) is 66.8. The quantitative estimate of drug-likeness (QED) is 0.0481. The number of aryl methyl sites for hydroxylation is 4. The first-order chi connectivity index (χ1) is 60.0.